The Kier molecular flexibility index (Phi) is 5.61. The van der Waals surface area contributed by atoms with Crippen LogP contribution in [0.1, 0.15) is 52.9 Å². The van der Waals surface area contributed by atoms with Gasteiger partial charge in [0.15, 0.2) is 0 Å². The van der Waals surface area contributed by atoms with Crippen molar-refractivity contribution in [3.05, 3.63) is 0 Å². The molecule has 0 unspecified atom stereocenters. The lowest BCUT2D eigenvalue weighted by molar-refractivity contribution is -0.137. The van der Waals surface area contributed by atoms with Gasteiger partial charge in [-0.2, -0.15) is 0 Å². The molecule has 8 nitrogen and oxygen atoms in total. The fourth-order valence-electron chi connectivity index (χ4n) is 6.75. The van der Waals surface area contributed by atoms with Gasteiger partial charge in [0.25, 0.3) is 5.92 Å². The number of amides is 3. The largest absolute Gasteiger partial charge is 0.444 e. The summed E-state index contributed by atoms with van der Waals surface area (Å²) in [6.45, 7) is 6.63. The molecule has 0 spiro atoms. The van der Waals surface area contributed by atoms with Gasteiger partial charge in [0.1, 0.15) is 5.60 Å². The zero-order valence-corrected chi connectivity index (χ0v) is 20.1. The van der Waals surface area contributed by atoms with Crippen LogP contribution in [0.5, 0.6) is 0 Å². The third-order valence-electron chi connectivity index (χ3n) is 8.43. The van der Waals surface area contributed by atoms with E-state index in [2.05, 4.69) is 10.6 Å². The number of carbonyl (C=O) groups is 3. The highest BCUT2D eigenvalue weighted by molar-refractivity contribution is 5.87. The van der Waals surface area contributed by atoms with Crippen LogP contribution in [0.3, 0.4) is 0 Å². The quantitative estimate of drug-likeness (QED) is 0.640. The van der Waals surface area contributed by atoms with Crippen LogP contribution >= 0.6 is 0 Å². The van der Waals surface area contributed by atoms with Crippen LogP contribution in [-0.2, 0) is 19.1 Å². The molecular weight excluding hydrogens is 448 g/mol. The molecule has 10 heteroatoms. The number of nitrogens with zero attached hydrogens (tertiary/aromatic N) is 1. The van der Waals surface area contributed by atoms with Crippen molar-refractivity contribution in [1.82, 2.24) is 15.5 Å². The molecule has 0 radical (unpaired) electrons. The fraction of sp³-hybridized carbons (Fsp3) is 0.875. The lowest BCUT2D eigenvalue weighted by atomic mass is 9.78. The summed E-state index contributed by atoms with van der Waals surface area (Å²) in [7, 11) is 0. The molecule has 2 N–H and O–H groups in total. The molecule has 34 heavy (non-hydrogen) atoms. The summed E-state index contributed by atoms with van der Waals surface area (Å²) in [6.07, 6.45) is 1.64. The Hall–Kier alpha value is -1.97. The van der Waals surface area contributed by atoms with Gasteiger partial charge >= 0.3 is 6.09 Å². The molecule has 5 aliphatic rings. The van der Waals surface area contributed by atoms with Gasteiger partial charge in [0.2, 0.25) is 11.8 Å². The highest BCUT2D eigenvalue weighted by Crippen LogP contribution is 2.50. The van der Waals surface area contributed by atoms with Gasteiger partial charge in [-0.05, 0) is 51.9 Å². The maximum absolute atomic E-state index is 13.7. The number of halogens is 2. The van der Waals surface area contributed by atoms with E-state index in [1.165, 1.54) is 0 Å². The Labute approximate surface area is 198 Å². The zero-order valence-electron chi connectivity index (χ0n) is 20.1. The number of likely N-dealkylation sites (tertiary alicyclic amines) is 1. The average molecular weight is 484 g/mol. The topological polar surface area (TPSA) is 97.0 Å². The van der Waals surface area contributed by atoms with E-state index < -0.39 is 35.0 Å². The molecule has 5 rings (SSSR count). The van der Waals surface area contributed by atoms with Crippen LogP contribution in [0.15, 0.2) is 0 Å². The monoisotopic (exact) mass is 483 g/mol. The molecule has 2 saturated heterocycles. The average Bonchev–Trinajstić information content (AvgIpc) is 3.44. The van der Waals surface area contributed by atoms with E-state index in [1.807, 2.05) is 0 Å². The number of nitrogens with one attached hydrogen (secondary N) is 2. The van der Waals surface area contributed by atoms with Crippen LogP contribution < -0.4 is 10.6 Å². The summed E-state index contributed by atoms with van der Waals surface area (Å²) < 4.78 is 37.6. The number of ether oxygens (including phenoxy) is 2. The van der Waals surface area contributed by atoms with Crippen molar-refractivity contribution in [2.75, 3.05) is 26.3 Å². The van der Waals surface area contributed by atoms with Crippen molar-refractivity contribution >= 4 is 17.9 Å². The van der Waals surface area contributed by atoms with Gasteiger partial charge in [0.05, 0.1) is 24.5 Å². The second kappa shape index (κ2) is 8.03. The third kappa shape index (κ3) is 4.16. The number of hydrogen-bond acceptors (Lipinski definition) is 5. The van der Waals surface area contributed by atoms with Gasteiger partial charge in [-0.1, -0.05) is 0 Å². The second-order valence-corrected chi connectivity index (χ2v) is 12.1. The maximum atomic E-state index is 13.7. The van der Waals surface area contributed by atoms with Gasteiger partial charge in [-0.15, -0.1) is 0 Å². The predicted octanol–water partition coefficient (Wildman–Crippen LogP) is 2.31. The Morgan fingerprint density at radius 1 is 1.09 bits per heavy atom. The lowest BCUT2D eigenvalue weighted by Crippen LogP contribution is -2.58. The predicted molar refractivity (Wildman–Crippen MR) is 117 cm³/mol. The normalized spacial score (nSPS) is 38.4. The first kappa shape index (κ1) is 23.8. The molecule has 2 aliphatic heterocycles. The molecule has 190 valence electrons. The Morgan fingerprint density at radius 2 is 1.79 bits per heavy atom. The van der Waals surface area contributed by atoms with E-state index in [0.29, 0.717) is 13.2 Å². The molecular formula is C24H35F2N3O5. The second-order valence-electron chi connectivity index (χ2n) is 12.1. The molecule has 6 atom stereocenters. The standard InChI is InChI=1S/C24H35F2N3O5/c1-22(2,3)34-21(32)29-9-15-10-33-12-23(15,11-29)20(31)28-18-14-5-4-13(6-14)17(18)19(30)27-16-7-24(25,26)8-16/h13-18H,4-12H2,1-3H3,(H,27,30)(H,28,31)/t13-,14+,15-,17+,18+,23-/m0/s1. The number of carbonyl (C=O) groups excluding carboxylic acids is 3. The van der Waals surface area contributed by atoms with Crippen molar-refractivity contribution in [1.29, 1.82) is 0 Å². The van der Waals surface area contributed by atoms with E-state index in [0.717, 1.165) is 19.3 Å². The van der Waals surface area contributed by atoms with E-state index in [4.69, 9.17) is 9.47 Å². The number of rotatable bonds is 4. The summed E-state index contributed by atoms with van der Waals surface area (Å²) in [5.74, 6) is -3.29. The minimum absolute atomic E-state index is 0.136. The molecule has 0 aromatic heterocycles. The van der Waals surface area contributed by atoms with E-state index >= 15 is 0 Å². The third-order valence-corrected chi connectivity index (χ3v) is 8.43. The molecule has 3 saturated carbocycles. The van der Waals surface area contributed by atoms with Crippen LogP contribution in [-0.4, -0.2) is 72.7 Å². The molecule has 3 amide bonds. The van der Waals surface area contributed by atoms with Crippen LogP contribution in [0, 0.1) is 29.1 Å². The van der Waals surface area contributed by atoms with E-state index in [9.17, 15) is 23.2 Å². The van der Waals surface area contributed by atoms with Gasteiger partial charge in [-0.3, -0.25) is 9.59 Å². The molecule has 2 heterocycles. The summed E-state index contributed by atoms with van der Waals surface area (Å²) in [4.78, 5) is 41.0. The molecule has 2 bridgehead atoms. The van der Waals surface area contributed by atoms with Gasteiger partial charge in [-0.25, -0.2) is 13.6 Å². The fourth-order valence-corrected chi connectivity index (χ4v) is 6.75. The van der Waals surface area contributed by atoms with Gasteiger partial charge in [0, 0.05) is 43.9 Å². The van der Waals surface area contributed by atoms with Crippen molar-refractivity contribution in [2.24, 2.45) is 29.1 Å². The van der Waals surface area contributed by atoms with Crippen LogP contribution in [0.25, 0.3) is 0 Å². The molecule has 5 fully saturated rings. The van der Waals surface area contributed by atoms with E-state index in [1.54, 1.807) is 25.7 Å². The van der Waals surface area contributed by atoms with Crippen molar-refractivity contribution in [3.63, 3.8) is 0 Å². The van der Waals surface area contributed by atoms with Crippen LogP contribution in [0.4, 0.5) is 13.6 Å². The summed E-state index contributed by atoms with van der Waals surface area (Å²) in [5, 5.41) is 5.97. The zero-order chi connectivity index (χ0) is 24.5. The number of fused-ring (bicyclic) bond motifs is 3. The molecule has 0 aromatic rings. The Morgan fingerprint density at radius 3 is 2.47 bits per heavy atom. The summed E-state index contributed by atoms with van der Waals surface area (Å²) in [5.41, 5.74) is -1.50. The number of hydrogen-bond donors (Lipinski definition) is 2. The maximum Gasteiger partial charge on any atom is 0.410 e. The SMILES string of the molecule is CC(C)(C)OC(=O)N1C[C@H]2COC[C@@]2(C(=O)N[C@@H]2[C@@H]3CC[C@@H](C3)[C@H]2C(=O)NC2CC(F)(F)C2)C1. The first-order chi connectivity index (χ1) is 15.9. The Bertz CT molecular complexity index is 869. The highest BCUT2D eigenvalue weighted by Gasteiger charge is 2.60. The smallest absolute Gasteiger partial charge is 0.410 e. The molecule has 0 aromatic carbocycles. The minimum atomic E-state index is -2.70. The first-order valence-corrected chi connectivity index (χ1v) is 12.4. The molecule has 3 aliphatic carbocycles. The van der Waals surface area contributed by atoms with Crippen molar-refractivity contribution < 1.29 is 32.6 Å². The summed E-state index contributed by atoms with van der Waals surface area (Å²) in [6, 6.07) is -0.820. The lowest BCUT2D eigenvalue weighted by Gasteiger charge is -2.38. The number of alkyl halides is 2. The minimum Gasteiger partial charge on any atom is -0.444 e. The van der Waals surface area contributed by atoms with Crippen LogP contribution in [0.2, 0.25) is 0 Å². The first-order valence-electron chi connectivity index (χ1n) is 12.4. The highest BCUT2D eigenvalue weighted by atomic mass is 19.3. The van der Waals surface area contributed by atoms with Crippen molar-refractivity contribution in [2.45, 2.75) is 76.5 Å². The van der Waals surface area contributed by atoms with Crippen molar-refractivity contribution in [3.8, 4) is 0 Å². The Balaban J connectivity index is 1.27. The van der Waals surface area contributed by atoms with Gasteiger partial charge < -0.3 is 25.0 Å². The summed E-state index contributed by atoms with van der Waals surface area (Å²) >= 11 is 0. The van der Waals surface area contributed by atoms with E-state index in [-0.39, 0.29) is 61.6 Å².